The van der Waals surface area contributed by atoms with Gasteiger partial charge in [-0.05, 0) is 19.8 Å². The van der Waals surface area contributed by atoms with E-state index in [0.29, 0.717) is 25.1 Å². The fourth-order valence-electron chi connectivity index (χ4n) is 2.50. The van der Waals surface area contributed by atoms with Crippen LogP contribution >= 0.6 is 0 Å². The molecule has 2 N–H and O–H groups in total. The zero-order valence-corrected chi connectivity index (χ0v) is 11.0. The number of carbonyl (C=O) groups is 1. The summed E-state index contributed by atoms with van der Waals surface area (Å²) in [7, 11) is 3.17. The third kappa shape index (κ3) is 3.94. The first-order chi connectivity index (χ1) is 8.12. The van der Waals surface area contributed by atoms with E-state index in [1.807, 2.05) is 6.92 Å². The molecule has 0 aromatic rings. The lowest BCUT2D eigenvalue weighted by atomic mass is 9.96. The van der Waals surface area contributed by atoms with E-state index >= 15 is 0 Å². The van der Waals surface area contributed by atoms with Crippen LogP contribution in [-0.4, -0.2) is 56.4 Å². The SMILES string of the molecule is COC(=O)CC(C)N1CCC(OC)CC1CN. The number of piperidine rings is 1. The standard InChI is InChI=1S/C12H24N2O3/c1-9(6-12(15)17-3)14-5-4-11(16-2)7-10(14)8-13/h9-11H,4-8,13H2,1-3H3. The number of hydrogen-bond acceptors (Lipinski definition) is 5. The second-order valence-corrected chi connectivity index (χ2v) is 4.64. The van der Waals surface area contributed by atoms with Crippen LogP contribution in [0.5, 0.6) is 0 Å². The van der Waals surface area contributed by atoms with Crippen molar-refractivity contribution in [1.82, 2.24) is 4.90 Å². The Morgan fingerprint density at radius 2 is 2.24 bits per heavy atom. The number of carbonyl (C=O) groups excluding carboxylic acids is 1. The van der Waals surface area contributed by atoms with Gasteiger partial charge in [0.25, 0.3) is 0 Å². The molecule has 1 fully saturated rings. The van der Waals surface area contributed by atoms with Gasteiger partial charge in [0.2, 0.25) is 0 Å². The molecule has 0 radical (unpaired) electrons. The number of rotatable bonds is 5. The molecule has 17 heavy (non-hydrogen) atoms. The highest BCUT2D eigenvalue weighted by molar-refractivity contribution is 5.69. The van der Waals surface area contributed by atoms with E-state index < -0.39 is 0 Å². The first-order valence-corrected chi connectivity index (χ1v) is 6.17. The van der Waals surface area contributed by atoms with Crippen LogP contribution in [0.25, 0.3) is 0 Å². The number of hydrogen-bond donors (Lipinski definition) is 1. The first-order valence-electron chi connectivity index (χ1n) is 6.17. The van der Waals surface area contributed by atoms with Crippen molar-refractivity contribution in [3.05, 3.63) is 0 Å². The smallest absolute Gasteiger partial charge is 0.307 e. The third-order valence-electron chi connectivity index (χ3n) is 3.57. The van der Waals surface area contributed by atoms with E-state index in [2.05, 4.69) is 4.90 Å². The quantitative estimate of drug-likeness (QED) is 0.708. The van der Waals surface area contributed by atoms with Crippen LogP contribution in [0.4, 0.5) is 0 Å². The number of methoxy groups -OCH3 is 2. The minimum Gasteiger partial charge on any atom is -0.469 e. The zero-order valence-electron chi connectivity index (χ0n) is 11.0. The van der Waals surface area contributed by atoms with Gasteiger partial charge in [-0.25, -0.2) is 0 Å². The van der Waals surface area contributed by atoms with Gasteiger partial charge in [0.05, 0.1) is 19.6 Å². The Bertz CT molecular complexity index is 248. The summed E-state index contributed by atoms with van der Waals surface area (Å²) in [5.74, 6) is -0.165. The van der Waals surface area contributed by atoms with Crippen molar-refractivity contribution >= 4 is 5.97 Å². The number of nitrogens with two attached hydrogens (primary N) is 1. The summed E-state index contributed by atoms with van der Waals surface area (Å²) in [5.41, 5.74) is 5.80. The summed E-state index contributed by atoms with van der Waals surface area (Å²) < 4.78 is 10.1. The van der Waals surface area contributed by atoms with E-state index in [0.717, 1.165) is 19.4 Å². The van der Waals surface area contributed by atoms with Gasteiger partial charge in [0.15, 0.2) is 0 Å². The number of ether oxygens (including phenoxy) is 2. The largest absolute Gasteiger partial charge is 0.469 e. The summed E-state index contributed by atoms with van der Waals surface area (Å²) in [6, 6.07) is 0.474. The average Bonchev–Trinajstić information content (AvgIpc) is 2.37. The minimum atomic E-state index is -0.165. The molecule has 1 aliphatic heterocycles. The number of likely N-dealkylation sites (tertiary alicyclic amines) is 1. The van der Waals surface area contributed by atoms with Gasteiger partial charge < -0.3 is 15.2 Å². The molecule has 1 saturated heterocycles. The highest BCUT2D eigenvalue weighted by atomic mass is 16.5. The van der Waals surface area contributed by atoms with Gasteiger partial charge in [0, 0.05) is 32.3 Å². The van der Waals surface area contributed by atoms with Crippen molar-refractivity contribution in [2.24, 2.45) is 5.73 Å². The Labute approximate surface area is 103 Å². The van der Waals surface area contributed by atoms with Crippen LogP contribution in [0.15, 0.2) is 0 Å². The maximum absolute atomic E-state index is 11.3. The fraction of sp³-hybridized carbons (Fsp3) is 0.917. The van der Waals surface area contributed by atoms with Crippen LogP contribution in [0.1, 0.15) is 26.2 Å². The van der Waals surface area contributed by atoms with Crippen LogP contribution in [0, 0.1) is 0 Å². The second kappa shape index (κ2) is 6.93. The lowest BCUT2D eigenvalue weighted by molar-refractivity contribution is -0.142. The number of esters is 1. The molecule has 1 heterocycles. The zero-order chi connectivity index (χ0) is 12.8. The second-order valence-electron chi connectivity index (χ2n) is 4.64. The topological polar surface area (TPSA) is 64.8 Å². The van der Waals surface area contributed by atoms with E-state index in [-0.39, 0.29) is 12.0 Å². The summed E-state index contributed by atoms with van der Waals surface area (Å²) in [6.45, 7) is 3.58. The van der Waals surface area contributed by atoms with Crippen molar-refractivity contribution in [2.75, 3.05) is 27.3 Å². The van der Waals surface area contributed by atoms with Gasteiger partial charge in [-0.2, -0.15) is 0 Å². The van der Waals surface area contributed by atoms with E-state index in [1.54, 1.807) is 7.11 Å². The predicted molar refractivity (Wildman–Crippen MR) is 65.7 cm³/mol. The van der Waals surface area contributed by atoms with Gasteiger partial charge in [-0.1, -0.05) is 0 Å². The molecule has 0 amide bonds. The normalized spacial score (nSPS) is 27.8. The van der Waals surface area contributed by atoms with Crippen LogP contribution in [-0.2, 0) is 14.3 Å². The summed E-state index contributed by atoms with van der Waals surface area (Å²) in [5, 5.41) is 0. The lowest BCUT2D eigenvalue weighted by Gasteiger charge is -2.41. The van der Waals surface area contributed by atoms with Gasteiger partial charge in [0.1, 0.15) is 0 Å². The lowest BCUT2D eigenvalue weighted by Crippen LogP contribution is -2.52. The van der Waals surface area contributed by atoms with Crippen LogP contribution < -0.4 is 5.73 Å². The van der Waals surface area contributed by atoms with Gasteiger partial charge >= 0.3 is 5.97 Å². The molecular weight excluding hydrogens is 220 g/mol. The van der Waals surface area contributed by atoms with Crippen molar-refractivity contribution in [3.63, 3.8) is 0 Å². The molecule has 1 aliphatic rings. The Balaban J connectivity index is 2.53. The average molecular weight is 244 g/mol. The third-order valence-corrected chi connectivity index (χ3v) is 3.57. The molecule has 5 nitrogen and oxygen atoms in total. The molecule has 3 unspecified atom stereocenters. The highest BCUT2D eigenvalue weighted by Gasteiger charge is 2.31. The Morgan fingerprint density at radius 1 is 1.53 bits per heavy atom. The number of nitrogens with zero attached hydrogens (tertiary/aromatic N) is 1. The van der Waals surface area contributed by atoms with Crippen LogP contribution in [0.3, 0.4) is 0 Å². The van der Waals surface area contributed by atoms with E-state index in [9.17, 15) is 4.79 Å². The van der Waals surface area contributed by atoms with Gasteiger partial charge in [-0.15, -0.1) is 0 Å². The van der Waals surface area contributed by atoms with Crippen LogP contribution in [0.2, 0.25) is 0 Å². The highest BCUT2D eigenvalue weighted by Crippen LogP contribution is 2.22. The molecule has 0 aromatic heterocycles. The van der Waals surface area contributed by atoms with Crippen molar-refractivity contribution in [3.8, 4) is 0 Å². The van der Waals surface area contributed by atoms with Crippen molar-refractivity contribution < 1.29 is 14.3 Å². The molecule has 1 rings (SSSR count). The molecule has 5 heteroatoms. The Kier molecular flexibility index (Phi) is 5.88. The van der Waals surface area contributed by atoms with Crippen molar-refractivity contribution in [1.29, 1.82) is 0 Å². The summed E-state index contributed by atoms with van der Waals surface area (Å²) >= 11 is 0. The van der Waals surface area contributed by atoms with E-state index in [4.69, 9.17) is 15.2 Å². The molecule has 0 spiro atoms. The Hall–Kier alpha value is -0.650. The van der Waals surface area contributed by atoms with Gasteiger partial charge in [-0.3, -0.25) is 9.69 Å². The molecule has 3 atom stereocenters. The monoisotopic (exact) mass is 244 g/mol. The minimum absolute atomic E-state index is 0.165. The maximum atomic E-state index is 11.3. The molecule has 0 aromatic carbocycles. The molecule has 0 aliphatic carbocycles. The maximum Gasteiger partial charge on any atom is 0.307 e. The summed E-state index contributed by atoms with van der Waals surface area (Å²) in [6.07, 6.45) is 2.66. The summed E-state index contributed by atoms with van der Waals surface area (Å²) in [4.78, 5) is 13.6. The molecule has 0 saturated carbocycles. The van der Waals surface area contributed by atoms with Crippen molar-refractivity contribution in [2.45, 2.75) is 44.4 Å². The molecule has 0 bridgehead atoms. The first kappa shape index (κ1) is 14.4. The van der Waals surface area contributed by atoms with E-state index in [1.165, 1.54) is 7.11 Å². The predicted octanol–water partition coefficient (Wildman–Crippen LogP) is 0.376. The fourth-order valence-corrected chi connectivity index (χ4v) is 2.50. The molecular formula is C12H24N2O3. The molecule has 100 valence electrons. The Morgan fingerprint density at radius 3 is 2.76 bits per heavy atom.